The maximum Gasteiger partial charge on any atom is 0.0744 e. The maximum absolute atomic E-state index is 8.18. The zero-order valence-corrected chi connectivity index (χ0v) is 5.89. The molecule has 0 radical (unpaired) electrons. The number of nitrogens with zero attached hydrogens (tertiary/aromatic N) is 1. The van der Waals surface area contributed by atoms with Crippen LogP contribution >= 0.6 is 0 Å². The Labute approximate surface area is 56.0 Å². The van der Waals surface area contributed by atoms with E-state index in [1.807, 2.05) is 26.0 Å². The van der Waals surface area contributed by atoms with Gasteiger partial charge in [0.05, 0.1) is 12.5 Å². The minimum atomic E-state index is 0.345. The maximum atomic E-state index is 8.18. The van der Waals surface area contributed by atoms with Crippen molar-refractivity contribution in [2.45, 2.75) is 20.3 Å². The van der Waals surface area contributed by atoms with Gasteiger partial charge in [-0.2, -0.15) is 5.26 Å². The monoisotopic (exact) mass is 124 g/mol. The fourth-order valence-electron chi connectivity index (χ4n) is 0.578. The molecule has 0 bridgehead atoms. The highest BCUT2D eigenvalue weighted by molar-refractivity contribution is 5.03. The van der Waals surface area contributed by atoms with Crippen LogP contribution in [0.15, 0.2) is 11.8 Å². The van der Waals surface area contributed by atoms with Gasteiger partial charge in [0, 0.05) is 5.70 Å². The normalized spacial score (nSPS) is 11.6. The molecule has 50 valence electrons. The average Bonchev–Trinajstić information content (AvgIpc) is 1.63. The first-order valence-corrected chi connectivity index (χ1v) is 3.00. The third kappa shape index (κ3) is 4.89. The van der Waals surface area contributed by atoms with Crippen LogP contribution in [-0.4, -0.2) is 0 Å². The molecule has 0 aromatic rings. The molecular formula is C7H12N2. The Hall–Kier alpha value is -0.970. The Kier molecular flexibility index (Phi) is 3.54. The molecule has 0 saturated heterocycles. The smallest absolute Gasteiger partial charge is 0.0744 e. The van der Waals surface area contributed by atoms with Crippen LogP contribution < -0.4 is 5.73 Å². The summed E-state index contributed by atoms with van der Waals surface area (Å²) < 4.78 is 0. The molecule has 0 fully saturated rings. The third-order valence-corrected chi connectivity index (χ3v) is 0.831. The first-order chi connectivity index (χ1) is 4.16. The molecule has 0 amide bonds. The minimum absolute atomic E-state index is 0.345. The number of nitrogens with two attached hydrogens (primary N) is 1. The zero-order valence-electron chi connectivity index (χ0n) is 5.89. The van der Waals surface area contributed by atoms with Crippen molar-refractivity contribution in [1.29, 1.82) is 5.26 Å². The van der Waals surface area contributed by atoms with Crippen molar-refractivity contribution in [3.05, 3.63) is 11.8 Å². The number of nitriles is 1. The van der Waals surface area contributed by atoms with Gasteiger partial charge in [-0.05, 0) is 5.92 Å². The van der Waals surface area contributed by atoms with Crippen molar-refractivity contribution in [2.75, 3.05) is 0 Å². The summed E-state index contributed by atoms with van der Waals surface area (Å²) in [6.07, 6.45) is 2.24. The number of allylic oxidation sites excluding steroid dienone is 2. The van der Waals surface area contributed by atoms with Gasteiger partial charge in [-0.1, -0.05) is 19.9 Å². The summed E-state index contributed by atoms with van der Waals surface area (Å²) in [5, 5.41) is 8.18. The van der Waals surface area contributed by atoms with E-state index in [2.05, 4.69) is 0 Å². The van der Waals surface area contributed by atoms with Gasteiger partial charge in [-0.25, -0.2) is 0 Å². The predicted octanol–water partition coefficient (Wildman–Crippen LogP) is 1.40. The van der Waals surface area contributed by atoms with E-state index in [1.54, 1.807) is 0 Å². The van der Waals surface area contributed by atoms with Crippen LogP contribution in [0.25, 0.3) is 0 Å². The first-order valence-electron chi connectivity index (χ1n) is 3.00. The summed E-state index contributed by atoms with van der Waals surface area (Å²) in [4.78, 5) is 0. The summed E-state index contributed by atoms with van der Waals surface area (Å²) in [5.74, 6) is 0.443. The molecule has 0 aromatic heterocycles. The van der Waals surface area contributed by atoms with E-state index >= 15 is 0 Å². The summed E-state index contributed by atoms with van der Waals surface area (Å²) in [6.45, 7) is 4.06. The second kappa shape index (κ2) is 3.96. The predicted molar refractivity (Wildman–Crippen MR) is 37.3 cm³/mol. The van der Waals surface area contributed by atoms with Crippen LogP contribution in [0.4, 0.5) is 0 Å². The van der Waals surface area contributed by atoms with E-state index < -0.39 is 0 Å². The van der Waals surface area contributed by atoms with Crippen LogP contribution in [0.2, 0.25) is 0 Å². The molecular weight excluding hydrogens is 112 g/mol. The molecule has 0 atom stereocenters. The van der Waals surface area contributed by atoms with E-state index in [0.717, 1.165) is 0 Å². The van der Waals surface area contributed by atoms with E-state index in [4.69, 9.17) is 11.0 Å². The summed E-state index contributed by atoms with van der Waals surface area (Å²) >= 11 is 0. The van der Waals surface area contributed by atoms with Gasteiger partial charge in [-0.3, -0.25) is 0 Å². The summed E-state index contributed by atoms with van der Waals surface area (Å²) in [5.41, 5.74) is 6.10. The van der Waals surface area contributed by atoms with Crippen molar-refractivity contribution in [2.24, 2.45) is 11.7 Å². The Morgan fingerprint density at radius 3 is 2.67 bits per heavy atom. The molecule has 0 saturated carbocycles. The molecule has 0 aliphatic carbocycles. The largest absolute Gasteiger partial charge is 0.401 e. The lowest BCUT2D eigenvalue weighted by Crippen LogP contribution is -1.97. The Balaban J connectivity index is 3.72. The second-order valence-electron chi connectivity index (χ2n) is 2.32. The quantitative estimate of drug-likeness (QED) is 0.604. The van der Waals surface area contributed by atoms with Crippen molar-refractivity contribution < 1.29 is 0 Å². The van der Waals surface area contributed by atoms with Crippen molar-refractivity contribution in [3.63, 3.8) is 0 Å². The molecule has 0 heterocycles. The van der Waals surface area contributed by atoms with Crippen LogP contribution in [0.5, 0.6) is 0 Å². The van der Waals surface area contributed by atoms with Crippen LogP contribution in [0.1, 0.15) is 20.3 Å². The SMILES string of the molecule is CC(C)C=C(N)CC#N. The van der Waals surface area contributed by atoms with Crippen LogP contribution in [0, 0.1) is 17.2 Å². The molecule has 9 heavy (non-hydrogen) atoms. The number of hydrogen-bond donors (Lipinski definition) is 1. The highest BCUT2D eigenvalue weighted by atomic mass is 14.6. The van der Waals surface area contributed by atoms with Gasteiger partial charge in [0.15, 0.2) is 0 Å². The lowest BCUT2D eigenvalue weighted by atomic mass is 10.1. The Morgan fingerprint density at radius 2 is 2.33 bits per heavy atom. The van der Waals surface area contributed by atoms with E-state index in [0.29, 0.717) is 18.0 Å². The van der Waals surface area contributed by atoms with Crippen LogP contribution in [-0.2, 0) is 0 Å². The minimum Gasteiger partial charge on any atom is -0.401 e. The molecule has 0 aliphatic rings. The molecule has 0 rings (SSSR count). The zero-order chi connectivity index (χ0) is 7.28. The Morgan fingerprint density at radius 1 is 1.78 bits per heavy atom. The van der Waals surface area contributed by atoms with Gasteiger partial charge >= 0.3 is 0 Å². The first kappa shape index (κ1) is 8.03. The number of hydrogen-bond acceptors (Lipinski definition) is 2. The van der Waals surface area contributed by atoms with Gasteiger partial charge in [0.25, 0.3) is 0 Å². The van der Waals surface area contributed by atoms with Crippen molar-refractivity contribution >= 4 is 0 Å². The molecule has 0 spiro atoms. The van der Waals surface area contributed by atoms with E-state index in [9.17, 15) is 0 Å². The fraction of sp³-hybridized carbons (Fsp3) is 0.571. The highest BCUT2D eigenvalue weighted by Gasteiger charge is 1.89. The van der Waals surface area contributed by atoms with E-state index in [1.165, 1.54) is 0 Å². The second-order valence-corrected chi connectivity index (χ2v) is 2.32. The van der Waals surface area contributed by atoms with E-state index in [-0.39, 0.29) is 0 Å². The standard InChI is InChI=1S/C7H12N2/c1-6(2)5-7(9)3-4-8/h5-6H,3,9H2,1-2H3. The van der Waals surface area contributed by atoms with Gasteiger partial charge in [0.2, 0.25) is 0 Å². The van der Waals surface area contributed by atoms with Crippen LogP contribution in [0.3, 0.4) is 0 Å². The third-order valence-electron chi connectivity index (χ3n) is 0.831. The highest BCUT2D eigenvalue weighted by Crippen LogP contribution is 1.98. The molecule has 2 nitrogen and oxygen atoms in total. The molecule has 2 heteroatoms. The molecule has 0 aromatic carbocycles. The lowest BCUT2D eigenvalue weighted by Gasteiger charge is -1.96. The summed E-state index contributed by atoms with van der Waals surface area (Å²) in [6, 6.07) is 1.98. The molecule has 2 N–H and O–H groups in total. The van der Waals surface area contributed by atoms with Gasteiger partial charge < -0.3 is 5.73 Å². The average molecular weight is 124 g/mol. The van der Waals surface area contributed by atoms with Crippen molar-refractivity contribution in [1.82, 2.24) is 0 Å². The summed E-state index contributed by atoms with van der Waals surface area (Å²) in [7, 11) is 0. The van der Waals surface area contributed by atoms with Gasteiger partial charge in [-0.15, -0.1) is 0 Å². The van der Waals surface area contributed by atoms with Crippen molar-refractivity contribution in [3.8, 4) is 6.07 Å². The molecule has 0 unspecified atom stereocenters. The Bertz CT molecular complexity index is 139. The number of rotatable bonds is 2. The topological polar surface area (TPSA) is 49.8 Å². The lowest BCUT2D eigenvalue weighted by molar-refractivity contribution is 0.815. The fourth-order valence-corrected chi connectivity index (χ4v) is 0.578. The molecule has 0 aliphatic heterocycles. The van der Waals surface area contributed by atoms with Gasteiger partial charge in [0.1, 0.15) is 0 Å².